The molecule has 3 aromatic rings. The third kappa shape index (κ3) is 4.99. The van der Waals surface area contributed by atoms with Crippen LogP contribution in [0.25, 0.3) is 0 Å². The van der Waals surface area contributed by atoms with E-state index in [0.717, 1.165) is 11.3 Å². The number of aromatic amines is 1. The van der Waals surface area contributed by atoms with Gasteiger partial charge in [-0.1, -0.05) is 6.07 Å². The third-order valence-corrected chi connectivity index (χ3v) is 5.81. The number of ether oxygens (including phenoxy) is 1. The lowest BCUT2D eigenvalue weighted by molar-refractivity contribution is -0.384. The molecule has 2 amide bonds. The van der Waals surface area contributed by atoms with E-state index in [4.69, 9.17) is 4.74 Å². The number of carbonyl (C=O) groups is 2. The number of hydrogen-bond donors (Lipinski definition) is 3. The number of non-ortho nitro benzene ring substituents is 1. The predicted octanol–water partition coefficient (Wildman–Crippen LogP) is 5.30. The van der Waals surface area contributed by atoms with Crippen LogP contribution in [0.2, 0.25) is 0 Å². The minimum Gasteiger partial charge on any atom is -0.444 e. The zero-order valence-electron chi connectivity index (χ0n) is 20.7. The molecule has 3 N–H and O–H groups in total. The minimum absolute atomic E-state index is 0.0855. The third-order valence-electron chi connectivity index (χ3n) is 5.81. The second-order valence-corrected chi connectivity index (χ2v) is 10.0. The molecule has 1 aromatic heterocycles. The molecule has 11 heteroatoms. The summed E-state index contributed by atoms with van der Waals surface area (Å²) in [6.07, 6.45) is -0.404. The average Bonchev–Trinajstić information content (AvgIpc) is 3.31. The normalized spacial score (nSPS) is 14.2. The van der Waals surface area contributed by atoms with Gasteiger partial charge in [0.25, 0.3) is 11.6 Å². The molecule has 1 aliphatic heterocycles. The average molecular weight is 493 g/mol. The Morgan fingerprint density at radius 1 is 1.14 bits per heavy atom. The van der Waals surface area contributed by atoms with Gasteiger partial charge in [0.2, 0.25) is 0 Å². The van der Waals surface area contributed by atoms with Crippen molar-refractivity contribution in [2.24, 2.45) is 0 Å². The van der Waals surface area contributed by atoms with Gasteiger partial charge in [-0.2, -0.15) is 5.10 Å². The van der Waals surface area contributed by atoms with Crippen molar-refractivity contribution in [1.82, 2.24) is 15.1 Å². The number of hydrogen-bond acceptors (Lipinski definition) is 7. The topological polar surface area (TPSA) is 142 Å². The second kappa shape index (κ2) is 8.99. The molecule has 0 aliphatic carbocycles. The molecule has 11 nitrogen and oxygen atoms in total. The van der Waals surface area contributed by atoms with E-state index in [1.54, 1.807) is 23.1 Å². The van der Waals surface area contributed by atoms with Crippen molar-refractivity contribution < 1.29 is 19.2 Å². The molecule has 188 valence electrons. The first-order chi connectivity index (χ1) is 16.8. The summed E-state index contributed by atoms with van der Waals surface area (Å²) in [4.78, 5) is 37.3. The van der Waals surface area contributed by atoms with Gasteiger partial charge in [-0.05, 0) is 65.0 Å². The summed E-state index contributed by atoms with van der Waals surface area (Å²) >= 11 is 0. The van der Waals surface area contributed by atoms with Gasteiger partial charge in [-0.3, -0.25) is 24.9 Å². The maximum Gasteiger partial charge on any atom is 0.411 e. The number of carbonyl (C=O) groups excluding carboxylic acids is 2. The number of nitro groups is 1. The first-order valence-corrected chi connectivity index (χ1v) is 11.4. The number of nitrogens with zero attached hydrogens (tertiary/aromatic N) is 3. The number of amides is 2. The van der Waals surface area contributed by atoms with Crippen molar-refractivity contribution in [2.75, 3.05) is 10.6 Å². The highest BCUT2D eigenvalue weighted by molar-refractivity contribution is 6.04. The number of nitro benzene ring substituents is 1. The van der Waals surface area contributed by atoms with E-state index in [-0.39, 0.29) is 5.69 Å². The SMILES string of the molecule is CC(C)(C)OC(=O)N1Cc2c(Nc3cccc(NC(=O)c4ccc([N+](=O)[O-])cc4)c3)n[nH]c2C1(C)C. The van der Waals surface area contributed by atoms with Gasteiger partial charge in [0.15, 0.2) is 5.82 Å². The van der Waals surface area contributed by atoms with Crippen LogP contribution in [0.3, 0.4) is 0 Å². The smallest absolute Gasteiger partial charge is 0.411 e. The second-order valence-electron chi connectivity index (χ2n) is 10.0. The Balaban J connectivity index is 1.48. The van der Waals surface area contributed by atoms with Crippen molar-refractivity contribution in [3.63, 3.8) is 0 Å². The molecule has 0 saturated heterocycles. The van der Waals surface area contributed by atoms with Gasteiger partial charge < -0.3 is 15.4 Å². The van der Waals surface area contributed by atoms with Gasteiger partial charge >= 0.3 is 6.09 Å². The van der Waals surface area contributed by atoms with Gasteiger partial charge in [-0.15, -0.1) is 0 Å². The summed E-state index contributed by atoms with van der Waals surface area (Å²) < 4.78 is 5.58. The van der Waals surface area contributed by atoms with Crippen LogP contribution in [0.5, 0.6) is 0 Å². The predicted molar refractivity (Wildman–Crippen MR) is 134 cm³/mol. The number of H-pyrrole nitrogens is 1. The fourth-order valence-electron chi connectivity index (χ4n) is 3.98. The maximum atomic E-state index is 12.8. The van der Waals surface area contributed by atoms with Crippen LogP contribution in [0.4, 0.5) is 27.7 Å². The standard InChI is InChI=1S/C25H28N6O5/c1-24(2,3)36-23(33)30-14-19-20(25(30,4)5)28-29-21(19)26-16-7-6-8-17(13-16)27-22(32)15-9-11-18(12-10-15)31(34)35/h6-13H,14H2,1-5H3,(H,27,32)(H2,26,28,29). The Kier molecular flexibility index (Phi) is 6.17. The van der Waals surface area contributed by atoms with Crippen molar-refractivity contribution in [3.05, 3.63) is 75.5 Å². The van der Waals surface area contributed by atoms with E-state index in [1.165, 1.54) is 24.3 Å². The minimum atomic E-state index is -0.634. The van der Waals surface area contributed by atoms with Gasteiger partial charge in [0, 0.05) is 34.6 Å². The fourth-order valence-corrected chi connectivity index (χ4v) is 3.98. The molecule has 0 spiro atoms. The van der Waals surface area contributed by atoms with Crippen LogP contribution >= 0.6 is 0 Å². The number of anilines is 3. The summed E-state index contributed by atoms with van der Waals surface area (Å²) in [5.74, 6) is 0.181. The number of nitrogens with one attached hydrogen (secondary N) is 3. The molecule has 0 fully saturated rings. The molecule has 1 aliphatic rings. The van der Waals surface area contributed by atoms with Crippen molar-refractivity contribution in [3.8, 4) is 0 Å². The first kappa shape index (κ1) is 24.7. The number of rotatable bonds is 5. The highest BCUT2D eigenvalue weighted by Gasteiger charge is 2.45. The summed E-state index contributed by atoms with van der Waals surface area (Å²) in [6.45, 7) is 9.67. The van der Waals surface area contributed by atoms with E-state index in [9.17, 15) is 19.7 Å². The molecular formula is C25H28N6O5. The van der Waals surface area contributed by atoms with Crippen molar-refractivity contribution >= 4 is 34.9 Å². The molecule has 2 aromatic carbocycles. The lowest BCUT2D eigenvalue weighted by atomic mass is 10.0. The summed E-state index contributed by atoms with van der Waals surface area (Å²) in [6, 6.07) is 12.5. The largest absolute Gasteiger partial charge is 0.444 e. The number of fused-ring (bicyclic) bond motifs is 1. The zero-order chi connectivity index (χ0) is 26.3. The van der Waals surface area contributed by atoms with Crippen LogP contribution in [0.1, 0.15) is 56.2 Å². The molecule has 2 heterocycles. The molecule has 4 rings (SSSR count). The van der Waals surface area contributed by atoms with Gasteiger partial charge in [0.1, 0.15) is 5.60 Å². The Hall–Kier alpha value is -4.41. The number of benzene rings is 2. The zero-order valence-corrected chi connectivity index (χ0v) is 20.7. The van der Waals surface area contributed by atoms with Crippen LogP contribution in [0, 0.1) is 10.1 Å². The Labute approximate surface area is 208 Å². The van der Waals surface area contributed by atoms with Crippen LogP contribution in [-0.4, -0.2) is 37.6 Å². The number of aromatic nitrogens is 2. The van der Waals surface area contributed by atoms with Gasteiger partial charge in [-0.25, -0.2) is 4.79 Å². The molecule has 0 bridgehead atoms. The summed E-state index contributed by atoms with van der Waals surface area (Å²) in [5.41, 5.74) is 1.86. The maximum absolute atomic E-state index is 12.8. The summed E-state index contributed by atoms with van der Waals surface area (Å²) in [5, 5.41) is 24.3. The quantitative estimate of drug-likeness (QED) is 0.324. The molecular weight excluding hydrogens is 464 g/mol. The monoisotopic (exact) mass is 492 g/mol. The molecule has 0 saturated carbocycles. The van der Waals surface area contributed by atoms with Gasteiger partial charge in [0.05, 0.1) is 22.7 Å². The Morgan fingerprint density at radius 3 is 2.44 bits per heavy atom. The molecule has 0 unspecified atom stereocenters. The Bertz CT molecular complexity index is 1320. The first-order valence-electron chi connectivity index (χ1n) is 11.4. The highest BCUT2D eigenvalue weighted by atomic mass is 16.6. The Morgan fingerprint density at radius 2 is 1.81 bits per heavy atom. The lowest BCUT2D eigenvalue weighted by Crippen LogP contribution is -2.43. The van der Waals surface area contributed by atoms with E-state index < -0.39 is 28.1 Å². The molecule has 36 heavy (non-hydrogen) atoms. The lowest BCUT2D eigenvalue weighted by Gasteiger charge is -2.33. The van der Waals surface area contributed by atoms with Crippen molar-refractivity contribution in [1.29, 1.82) is 0 Å². The molecule has 0 radical (unpaired) electrons. The molecule has 0 atom stereocenters. The van der Waals surface area contributed by atoms with E-state index >= 15 is 0 Å². The van der Waals surface area contributed by atoms with E-state index in [1.807, 2.05) is 40.7 Å². The summed E-state index contributed by atoms with van der Waals surface area (Å²) in [7, 11) is 0. The van der Waals surface area contributed by atoms with E-state index in [0.29, 0.717) is 29.3 Å². The van der Waals surface area contributed by atoms with Crippen LogP contribution in [-0.2, 0) is 16.8 Å². The van der Waals surface area contributed by atoms with Crippen molar-refractivity contribution in [2.45, 2.75) is 52.3 Å². The highest BCUT2D eigenvalue weighted by Crippen LogP contribution is 2.41. The van der Waals surface area contributed by atoms with E-state index in [2.05, 4.69) is 20.8 Å². The van der Waals surface area contributed by atoms with Crippen LogP contribution in [0.15, 0.2) is 48.5 Å². The fraction of sp³-hybridized carbons (Fsp3) is 0.320. The van der Waals surface area contributed by atoms with Crippen LogP contribution < -0.4 is 10.6 Å².